The average Bonchev–Trinajstić information content (AvgIpc) is 2.23. The molecule has 0 radical (unpaired) electrons. The highest BCUT2D eigenvalue weighted by Gasteiger charge is 2.13. The van der Waals surface area contributed by atoms with Crippen LogP contribution in [0.15, 0.2) is 22.7 Å². The largest absolute Gasteiger partial charge is 0.313 e. The molecule has 0 aliphatic carbocycles. The lowest BCUT2D eigenvalue weighted by Crippen LogP contribution is -2.17. The quantitative estimate of drug-likeness (QED) is 0.709. The van der Waals surface area contributed by atoms with E-state index in [0.717, 1.165) is 5.92 Å². The Hall–Kier alpha value is 0.390. The summed E-state index contributed by atoms with van der Waals surface area (Å²) in [4.78, 5) is 0. The molecule has 3 heteroatoms. The van der Waals surface area contributed by atoms with Crippen LogP contribution < -0.4 is 5.32 Å². The van der Waals surface area contributed by atoms with E-state index >= 15 is 0 Å². The minimum atomic E-state index is 0.450. The van der Waals surface area contributed by atoms with Gasteiger partial charge in [0.05, 0.1) is 0 Å². The number of halogens is 2. The van der Waals surface area contributed by atoms with Crippen molar-refractivity contribution in [2.24, 2.45) is 5.92 Å². The zero-order chi connectivity index (χ0) is 12.1. The summed E-state index contributed by atoms with van der Waals surface area (Å²) in [6.45, 7) is 4.55. The van der Waals surface area contributed by atoms with Crippen molar-refractivity contribution >= 4 is 38.5 Å². The summed E-state index contributed by atoms with van der Waals surface area (Å²) in [6, 6.07) is 6.97. The summed E-state index contributed by atoms with van der Waals surface area (Å²) in [5.74, 6) is 0.761. The van der Waals surface area contributed by atoms with Crippen LogP contribution in [0, 0.1) is 9.49 Å². The lowest BCUT2D eigenvalue weighted by atomic mass is 9.98. The number of hydrogen-bond donors (Lipinski definition) is 1. The fourth-order valence-electron chi connectivity index (χ4n) is 1.74. The summed E-state index contributed by atoms with van der Waals surface area (Å²) in [6.07, 6.45) is 2.44. The Bertz CT molecular complexity index is 339. The topological polar surface area (TPSA) is 12.0 Å². The van der Waals surface area contributed by atoms with Crippen molar-refractivity contribution < 1.29 is 0 Å². The van der Waals surface area contributed by atoms with E-state index in [1.54, 1.807) is 0 Å². The third-order valence-electron chi connectivity index (χ3n) is 2.71. The second-order valence-corrected chi connectivity index (χ2v) is 6.58. The molecule has 1 atom stereocenters. The summed E-state index contributed by atoms with van der Waals surface area (Å²) in [5.41, 5.74) is 1.37. The predicted octanol–water partition coefficient (Wildman–Crippen LogP) is 4.75. The highest BCUT2D eigenvalue weighted by molar-refractivity contribution is 14.1. The molecule has 0 bridgehead atoms. The van der Waals surface area contributed by atoms with Crippen LogP contribution in [0.25, 0.3) is 0 Å². The predicted molar refractivity (Wildman–Crippen MR) is 82.7 cm³/mol. The monoisotopic (exact) mass is 395 g/mol. The van der Waals surface area contributed by atoms with Gasteiger partial charge in [0.25, 0.3) is 0 Å². The van der Waals surface area contributed by atoms with Crippen LogP contribution >= 0.6 is 38.5 Å². The first-order chi connectivity index (χ1) is 7.54. The van der Waals surface area contributed by atoms with Gasteiger partial charge in [-0.15, -0.1) is 0 Å². The number of nitrogens with one attached hydrogen (secondary N) is 1. The summed E-state index contributed by atoms with van der Waals surface area (Å²) >= 11 is 6.00. The van der Waals surface area contributed by atoms with Gasteiger partial charge in [-0.3, -0.25) is 0 Å². The molecule has 0 aliphatic rings. The minimum absolute atomic E-state index is 0.450. The van der Waals surface area contributed by atoms with Crippen molar-refractivity contribution in [2.45, 2.75) is 32.7 Å². The van der Waals surface area contributed by atoms with E-state index in [2.05, 4.69) is 75.9 Å². The van der Waals surface area contributed by atoms with Gasteiger partial charge in [-0.25, -0.2) is 0 Å². The van der Waals surface area contributed by atoms with Gasteiger partial charge < -0.3 is 5.32 Å². The van der Waals surface area contributed by atoms with Gasteiger partial charge in [0.15, 0.2) is 0 Å². The highest BCUT2D eigenvalue weighted by atomic mass is 127. The van der Waals surface area contributed by atoms with Crippen LogP contribution in [-0.4, -0.2) is 7.05 Å². The van der Waals surface area contributed by atoms with E-state index in [1.165, 1.54) is 26.4 Å². The maximum absolute atomic E-state index is 3.64. The molecule has 0 heterocycles. The van der Waals surface area contributed by atoms with E-state index in [-0.39, 0.29) is 0 Å². The van der Waals surface area contributed by atoms with Crippen LogP contribution in [-0.2, 0) is 0 Å². The number of hydrogen-bond acceptors (Lipinski definition) is 1. The number of rotatable bonds is 5. The van der Waals surface area contributed by atoms with Gasteiger partial charge in [0.1, 0.15) is 0 Å². The molecule has 0 saturated heterocycles. The van der Waals surface area contributed by atoms with E-state index in [0.29, 0.717) is 6.04 Å². The van der Waals surface area contributed by atoms with Gasteiger partial charge in [-0.1, -0.05) is 29.8 Å². The molecular weight excluding hydrogens is 377 g/mol. The fraction of sp³-hybridized carbons (Fsp3) is 0.538. The molecule has 1 unspecified atom stereocenters. The van der Waals surface area contributed by atoms with E-state index in [4.69, 9.17) is 0 Å². The van der Waals surface area contributed by atoms with Crippen molar-refractivity contribution in [1.29, 1.82) is 0 Å². The van der Waals surface area contributed by atoms with Gasteiger partial charge in [-0.2, -0.15) is 0 Å². The van der Waals surface area contributed by atoms with E-state index in [1.807, 2.05) is 7.05 Å². The lowest BCUT2D eigenvalue weighted by molar-refractivity contribution is 0.464. The molecule has 1 N–H and O–H groups in total. The molecule has 1 aromatic carbocycles. The number of benzene rings is 1. The zero-order valence-corrected chi connectivity index (χ0v) is 13.8. The molecule has 0 amide bonds. The van der Waals surface area contributed by atoms with Crippen LogP contribution in [0.3, 0.4) is 0 Å². The summed E-state index contributed by atoms with van der Waals surface area (Å²) in [7, 11) is 2.04. The molecule has 0 aromatic heterocycles. The Morgan fingerprint density at radius 3 is 2.56 bits per heavy atom. The fourth-order valence-corrected chi connectivity index (χ4v) is 2.78. The highest BCUT2D eigenvalue weighted by Crippen LogP contribution is 2.28. The Morgan fingerprint density at radius 1 is 1.31 bits per heavy atom. The van der Waals surface area contributed by atoms with Gasteiger partial charge in [0.2, 0.25) is 0 Å². The van der Waals surface area contributed by atoms with Gasteiger partial charge in [-0.05, 0) is 72.2 Å². The van der Waals surface area contributed by atoms with Crippen molar-refractivity contribution in [2.75, 3.05) is 7.05 Å². The first-order valence-electron chi connectivity index (χ1n) is 5.66. The third-order valence-corrected chi connectivity index (χ3v) is 4.11. The normalized spacial score (nSPS) is 13.1. The molecule has 0 aliphatic heterocycles. The lowest BCUT2D eigenvalue weighted by Gasteiger charge is -2.19. The third kappa shape index (κ3) is 4.34. The minimum Gasteiger partial charge on any atom is -0.313 e. The molecule has 0 spiro atoms. The van der Waals surface area contributed by atoms with Crippen molar-refractivity contribution in [3.63, 3.8) is 0 Å². The second kappa shape index (κ2) is 6.97. The van der Waals surface area contributed by atoms with Gasteiger partial charge >= 0.3 is 0 Å². The molecule has 0 saturated carbocycles. The van der Waals surface area contributed by atoms with Gasteiger partial charge in [0, 0.05) is 14.1 Å². The molecule has 16 heavy (non-hydrogen) atoms. The van der Waals surface area contributed by atoms with Crippen molar-refractivity contribution in [3.8, 4) is 0 Å². The Kier molecular flexibility index (Phi) is 6.29. The molecule has 1 rings (SSSR count). The Labute approximate surface area is 121 Å². The summed E-state index contributed by atoms with van der Waals surface area (Å²) < 4.78 is 2.50. The van der Waals surface area contributed by atoms with E-state index < -0.39 is 0 Å². The molecule has 1 nitrogen and oxygen atoms in total. The van der Waals surface area contributed by atoms with Crippen LogP contribution in [0.4, 0.5) is 0 Å². The Balaban J connectivity index is 2.81. The van der Waals surface area contributed by atoms with Crippen molar-refractivity contribution in [3.05, 3.63) is 31.8 Å². The van der Waals surface area contributed by atoms with Crippen LogP contribution in [0.1, 0.15) is 38.3 Å². The average molecular weight is 396 g/mol. The summed E-state index contributed by atoms with van der Waals surface area (Å²) in [5, 5.41) is 3.41. The molecule has 0 fully saturated rings. The first kappa shape index (κ1) is 14.5. The van der Waals surface area contributed by atoms with Crippen LogP contribution in [0.2, 0.25) is 0 Å². The zero-order valence-electron chi connectivity index (χ0n) is 10.1. The smallest absolute Gasteiger partial charge is 0.0329 e. The maximum Gasteiger partial charge on any atom is 0.0329 e. The standard InChI is InChI=1S/C13H19BrIN/c1-9(2)4-7-13(16-3)11-8-10(15)5-6-12(11)14/h5-6,8-9,13,16H,4,7H2,1-3H3. The maximum atomic E-state index is 3.64. The molecular formula is C13H19BrIN. The first-order valence-corrected chi connectivity index (χ1v) is 7.54. The molecule has 1 aromatic rings. The van der Waals surface area contributed by atoms with E-state index in [9.17, 15) is 0 Å². The van der Waals surface area contributed by atoms with Crippen molar-refractivity contribution in [1.82, 2.24) is 5.32 Å². The molecule has 90 valence electrons. The SMILES string of the molecule is CNC(CCC(C)C)c1cc(I)ccc1Br. The van der Waals surface area contributed by atoms with Crippen LogP contribution in [0.5, 0.6) is 0 Å². The second-order valence-electron chi connectivity index (χ2n) is 4.48. The Morgan fingerprint density at radius 2 is 2.00 bits per heavy atom.